The van der Waals surface area contributed by atoms with Gasteiger partial charge >= 0.3 is 0 Å². The zero-order valence-electron chi connectivity index (χ0n) is 11.6. The summed E-state index contributed by atoms with van der Waals surface area (Å²) in [4.78, 5) is 11.2. The lowest BCUT2D eigenvalue weighted by atomic mass is 10.2. The van der Waals surface area contributed by atoms with Crippen molar-refractivity contribution in [2.75, 3.05) is 6.79 Å². The first kappa shape index (κ1) is 13.9. The van der Waals surface area contributed by atoms with Gasteiger partial charge in [0.05, 0.1) is 21.4 Å². The number of aldehydes is 1. The molecule has 0 N–H and O–H groups in total. The van der Waals surface area contributed by atoms with E-state index >= 15 is 0 Å². The molecule has 21 heavy (non-hydrogen) atoms. The highest BCUT2D eigenvalue weighted by molar-refractivity contribution is 9.10. The lowest BCUT2D eigenvalue weighted by Crippen LogP contribution is -2.05. The van der Waals surface area contributed by atoms with Crippen molar-refractivity contribution in [3.8, 4) is 17.2 Å². The van der Waals surface area contributed by atoms with Crippen LogP contribution in [0.15, 0.2) is 16.6 Å². The molecule has 0 fully saturated rings. The quantitative estimate of drug-likeness (QED) is 0.791. The highest BCUT2D eigenvalue weighted by Crippen LogP contribution is 2.38. The molecule has 6 nitrogen and oxygen atoms in total. The molecule has 1 aliphatic rings. The minimum atomic E-state index is 0.156. The molecule has 0 saturated carbocycles. The van der Waals surface area contributed by atoms with Gasteiger partial charge in [0.2, 0.25) is 6.79 Å². The molecule has 0 aliphatic carbocycles. The van der Waals surface area contributed by atoms with E-state index in [1.54, 1.807) is 16.8 Å². The number of carbonyl (C=O) groups is 1. The van der Waals surface area contributed by atoms with E-state index in [4.69, 9.17) is 14.2 Å². The average Bonchev–Trinajstić information content (AvgIpc) is 3.01. The first-order chi connectivity index (χ1) is 10.1. The Kier molecular flexibility index (Phi) is 3.59. The van der Waals surface area contributed by atoms with Crippen LogP contribution in [0, 0.1) is 6.92 Å². The van der Waals surface area contributed by atoms with Gasteiger partial charge in [-0.25, -0.2) is 0 Å². The number of halogens is 1. The number of hydrogen-bond acceptors (Lipinski definition) is 5. The third-order valence-electron chi connectivity index (χ3n) is 3.26. The van der Waals surface area contributed by atoms with Gasteiger partial charge in [-0.15, -0.1) is 0 Å². The van der Waals surface area contributed by atoms with Crippen LogP contribution in [0.5, 0.6) is 17.2 Å². The van der Waals surface area contributed by atoms with Gasteiger partial charge in [0.15, 0.2) is 17.8 Å². The summed E-state index contributed by atoms with van der Waals surface area (Å²) >= 11 is 3.48. The molecular formula is C14H13BrN2O4. The van der Waals surface area contributed by atoms with E-state index < -0.39 is 0 Å². The van der Waals surface area contributed by atoms with E-state index in [9.17, 15) is 4.79 Å². The number of hydrogen-bond donors (Lipinski definition) is 0. The summed E-state index contributed by atoms with van der Waals surface area (Å²) in [5, 5.41) is 4.30. The van der Waals surface area contributed by atoms with Gasteiger partial charge in [-0.2, -0.15) is 5.10 Å². The van der Waals surface area contributed by atoms with Gasteiger partial charge in [0.1, 0.15) is 12.4 Å². The summed E-state index contributed by atoms with van der Waals surface area (Å²) in [5.74, 6) is 1.60. The van der Waals surface area contributed by atoms with Gasteiger partial charge in [0, 0.05) is 13.1 Å². The van der Waals surface area contributed by atoms with Crippen LogP contribution in [-0.4, -0.2) is 22.9 Å². The minimum absolute atomic E-state index is 0.156. The van der Waals surface area contributed by atoms with Crippen LogP contribution >= 0.6 is 15.9 Å². The Labute approximate surface area is 129 Å². The van der Waals surface area contributed by atoms with Gasteiger partial charge < -0.3 is 14.2 Å². The molecule has 0 unspecified atom stereocenters. The monoisotopic (exact) mass is 352 g/mol. The molecule has 0 atom stereocenters. The number of benzene rings is 1. The smallest absolute Gasteiger partial charge is 0.231 e. The lowest BCUT2D eigenvalue weighted by Gasteiger charge is -2.10. The van der Waals surface area contributed by atoms with Crippen LogP contribution in [0.1, 0.15) is 21.7 Å². The SMILES string of the molecule is Cc1nn(C)c(COc2cc3c(cc2C=O)OCO3)c1Br. The van der Waals surface area contributed by atoms with E-state index in [2.05, 4.69) is 21.0 Å². The maximum atomic E-state index is 11.2. The highest BCUT2D eigenvalue weighted by Gasteiger charge is 2.19. The van der Waals surface area contributed by atoms with Crippen molar-refractivity contribution >= 4 is 22.2 Å². The number of aryl methyl sites for hydroxylation is 2. The van der Waals surface area contributed by atoms with Gasteiger partial charge in [-0.1, -0.05) is 0 Å². The third-order valence-corrected chi connectivity index (χ3v) is 4.29. The zero-order valence-corrected chi connectivity index (χ0v) is 13.1. The zero-order chi connectivity index (χ0) is 15.0. The number of fused-ring (bicyclic) bond motifs is 1. The summed E-state index contributed by atoms with van der Waals surface area (Å²) in [5.41, 5.74) is 2.20. The minimum Gasteiger partial charge on any atom is -0.486 e. The van der Waals surface area contributed by atoms with Crippen LogP contribution in [0.4, 0.5) is 0 Å². The first-order valence-electron chi connectivity index (χ1n) is 6.29. The van der Waals surface area contributed by atoms with E-state index in [0.717, 1.165) is 22.1 Å². The fourth-order valence-corrected chi connectivity index (χ4v) is 2.59. The summed E-state index contributed by atoms with van der Waals surface area (Å²) in [6.07, 6.45) is 0.737. The van der Waals surface area contributed by atoms with Gasteiger partial charge in [-0.3, -0.25) is 9.48 Å². The van der Waals surface area contributed by atoms with E-state index in [1.807, 2.05) is 14.0 Å². The summed E-state index contributed by atoms with van der Waals surface area (Å²) in [6.45, 7) is 2.35. The summed E-state index contributed by atoms with van der Waals surface area (Å²) in [6, 6.07) is 3.29. The van der Waals surface area contributed by atoms with Crippen LogP contribution in [0.3, 0.4) is 0 Å². The Bertz CT molecular complexity index is 711. The summed E-state index contributed by atoms with van der Waals surface area (Å²) < 4.78 is 18.9. The maximum Gasteiger partial charge on any atom is 0.231 e. The number of carbonyl (C=O) groups excluding carboxylic acids is 1. The molecule has 0 amide bonds. The van der Waals surface area contributed by atoms with Crippen LogP contribution in [0.2, 0.25) is 0 Å². The molecule has 0 saturated heterocycles. The lowest BCUT2D eigenvalue weighted by molar-refractivity contribution is 0.111. The normalized spacial score (nSPS) is 12.5. The maximum absolute atomic E-state index is 11.2. The number of rotatable bonds is 4. The van der Waals surface area contributed by atoms with Crippen molar-refractivity contribution in [3.05, 3.63) is 33.6 Å². The molecule has 0 spiro atoms. The molecule has 0 bridgehead atoms. The molecule has 1 aromatic heterocycles. The molecule has 2 aromatic rings. The van der Waals surface area contributed by atoms with E-state index in [1.165, 1.54) is 0 Å². The third kappa shape index (κ3) is 2.49. The Balaban J connectivity index is 1.86. The molecular weight excluding hydrogens is 340 g/mol. The number of aromatic nitrogens is 2. The molecule has 7 heteroatoms. The second kappa shape index (κ2) is 5.40. The van der Waals surface area contributed by atoms with Crippen molar-refractivity contribution in [3.63, 3.8) is 0 Å². The van der Waals surface area contributed by atoms with Crippen molar-refractivity contribution < 1.29 is 19.0 Å². The Morgan fingerprint density at radius 1 is 1.43 bits per heavy atom. The molecule has 0 radical (unpaired) electrons. The topological polar surface area (TPSA) is 62.6 Å². The standard InChI is InChI=1S/C14H13BrN2O4/c1-8-14(15)10(17(2)16-8)6-19-11-4-13-12(20-7-21-13)3-9(11)5-18/h3-5H,6-7H2,1-2H3. The van der Waals surface area contributed by atoms with Gasteiger partial charge in [0.25, 0.3) is 0 Å². The Morgan fingerprint density at radius 3 is 2.76 bits per heavy atom. The van der Waals surface area contributed by atoms with E-state index in [-0.39, 0.29) is 6.79 Å². The molecule has 1 aromatic carbocycles. The number of ether oxygens (including phenoxy) is 3. The Morgan fingerprint density at radius 2 is 2.14 bits per heavy atom. The molecule has 1 aliphatic heterocycles. The fourth-order valence-electron chi connectivity index (χ4n) is 2.14. The van der Waals surface area contributed by atoms with Crippen molar-refractivity contribution in [2.45, 2.75) is 13.5 Å². The highest BCUT2D eigenvalue weighted by atomic mass is 79.9. The predicted octanol–water partition coefficient (Wildman–Crippen LogP) is 2.61. The fraction of sp³-hybridized carbons (Fsp3) is 0.286. The predicted molar refractivity (Wildman–Crippen MR) is 77.9 cm³/mol. The van der Waals surface area contributed by atoms with Crippen LogP contribution < -0.4 is 14.2 Å². The van der Waals surface area contributed by atoms with Crippen molar-refractivity contribution in [2.24, 2.45) is 7.05 Å². The second-order valence-electron chi connectivity index (χ2n) is 4.62. The summed E-state index contributed by atoms with van der Waals surface area (Å²) in [7, 11) is 1.84. The second-order valence-corrected chi connectivity index (χ2v) is 5.41. The van der Waals surface area contributed by atoms with Crippen LogP contribution in [-0.2, 0) is 13.7 Å². The molecule has 110 valence electrons. The van der Waals surface area contributed by atoms with Crippen molar-refractivity contribution in [1.82, 2.24) is 9.78 Å². The molecule has 3 rings (SSSR count). The first-order valence-corrected chi connectivity index (χ1v) is 7.09. The average molecular weight is 353 g/mol. The molecule has 2 heterocycles. The van der Waals surface area contributed by atoms with E-state index in [0.29, 0.717) is 29.4 Å². The van der Waals surface area contributed by atoms with Gasteiger partial charge in [-0.05, 0) is 28.9 Å². The van der Waals surface area contributed by atoms with Crippen molar-refractivity contribution in [1.29, 1.82) is 0 Å². The number of nitrogens with zero attached hydrogens (tertiary/aromatic N) is 2. The van der Waals surface area contributed by atoms with Crippen LogP contribution in [0.25, 0.3) is 0 Å². The Hall–Kier alpha value is -2.02. The largest absolute Gasteiger partial charge is 0.486 e.